The smallest absolute Gasteiger partial charge is 0.128 e. The highest BCUT2D eigenvalue weighted by molar-refractivity contribution is 5.23. The predicted octanol–water partition coefficient (Wildman–Crippen LogP) is 3.73. The molecule has 0 aromatic heterocycles. The average Bonchev–Trinajstić information content (AvgIpc) is 3.25. The first-order valence-electron chi connectivity index (χ1n) is 7.91. The van der Waals surface area contributed by atoms with Crippen LogP contribution >= 0.6 is 0 Å². The molecule has 112 valence electrons. The van der Waals surface area contributed by atoms with Crippen molar-refractivity contribution in [3.63, 3.8) is 0 Å². The first-order valence-corrected chi connectivity index (χ1v) is 7.91. The van der Waals surface area contributed by atoms with E-state index in [0.717, 1.165) is 37.4 Å². The summed E-state index contributed by atoms with van der Waals surface area (Å²) >= 11 is 0. The minimum atomic E-state index is -0.127. The summed E-state index contributed by atoms with van der Waals surface area (Å²) in [4.78, 5) is 2.41. The third kappa shape index (κ3) is 3.80. The van der Waals surface area contributed by atoms with E-state index in [1.165, 1.54) is 12.8 Å². The first kappa shape index (κ1) is 15.5. The zero-order chi connectivity index (χ0) is 14.5. The SMILES string of the molecule is CCCN(CC1CC1)C(c1ccccc1F)C(N)CC. The van der Waals surface area contributed by atoms with Crippen molar-refractivity contribution in [3.05, 3.63) is 35.6 Å². The Bertz CT molecular complexity index is 417. The number of nitrogens with two attached hydrogens (primary N) is 1. The number of halogens is 1. The van der Waals surface area contributed by atoms with E-state index in [9.17, 15) is 4.39 Å². The minimum absolute atomic E-state index is 0.00162. The third-order valence-corrected chi connectivity index (χ3v) is 4.19. The molecule has 0 saturated heterocycles. The van der Waals surface area contributed by atoms with Gasteiger partial charge >= 0.3 is 0 Å². The summed E-state index contributed by atoms with van der Waals surface area (Å²) < 4.78 is 14.2. The summed E-state index contributed by atoms with van der Waals surface area (Å²) in [5.41, 5.74) is 7.10. The van der Waals surface area contributed by atoms with Gasteiger partial charge in [0.2, 0.25) is 0 Å². The van der Waals surface area contributed by atoms with Crippen molar-refractivity contribution < 1.29 is 4.39 Å². The second-order valence-electron chi connectivity index (χ2n) is 5.98. The van der Waals surface area contributed by atoms with Gasteiger partial charge in [-0.05, 0) is 44.2 Å². The Kier molecular flexibility index (Phi) is 5.55. The number of rotatable bonds is 8. The van der Waals surface area contributed by atoms with Crippen LogP contribution in [0.3, 0.4) is 0 Å². The van der Waals surface area contributed by atoms with E-state index in [2.05, 4.69) is 18.7 Å². The summed E-state index contributed by atoms with van der Waals surface area (Å²) in [6, 6.07) is 7.09. The second-order valence-corrected chi connectivity index (χ2v) is 5.98. The van der Waals surface area contributed by atoms with Crippen LogP contribution in [0.2, 0.25) is 0 Å². The second kappa shape index (κ2) is 7.19. The molecule has 0 amide bonds. The molecular formula is C17H27FN2. The molecule has 1 fully saturated rings. The topological polar surface area (TPSA) is 29.3 Å². The van der Waals surface area contributed by atoms with Gasteiger partial charge < -0.3 is 5.73 Å². The Morgan fingerprint density at radius 2 is 2.00 bits per heavy atom. The molecule has 0 spiro atoms. The summed E-state index contributed by atoms with van der Waals surface area (Å²) in [7, 11) is 0. The molecule has 0 aliphatic heterocycles. The molecule has 0 bridgehead atoms. The molecule has 1 aromatic rings. The van der Waals surface area contributed by atoms with E-state index in [1.54, 1.807) is 12.1 Å². The fraction of sp³-hybridized carbons (Fsp3) is 0.647. The van der Waals surface area contributed by atoms with Gasteiger partial charge in [0.15, 0.2) is 0 Å². The van der Waals surface area contributed by atoms with E-state index in [1.807, 2.05) is 12.1 Å². The minimum Gasteiger partial charge on any atom is -0.326 e. The lowest BCUT2D eigenvalue weighted by molar-refractivity contribution is 0.158. The lowest BCUT2D eigenvalue weighted by Crippen LogP contribution is -2.42. The number of nitrogens with zero attached hydrogens (tertiary/aromatic N) is 1. The van der Waals surface area contributed by atoms with Gasteiger partial charge in [0.25, 0.3) is 0 Å². The molecule has 1 aliphatic rings. The monoisotopic (exact) mass is 278 g/mol. The van der Waals surface area contributed by atoms with Crippen LogP contribution in [0.25, 0.3) is 0 Å². The van der Waals surface area contributed by atoms with E-state index in [-0.39, 0.29) is 17.9 Å². The van der Waals surface area contributed by atoms with Crippen LogP contribution in [0.15, 0.2) is 24.3 Å². The van der Waals surface area contributed by atoms with Gasteiger partial charge in [-0.1, -0.05) is 32.0 Å². The van der Waals surface area contributed by atoms with Crippen LogP contribution in [0.1, 0.15) is 51.1 Å². The first-order chi connectivity index (χ1) is 9.67. The van der Waals surface area contributed by atoms with E-state index < -0.39 is 0 Å². The highest BCUT2D eigenvalue weighted by Crippen LogP contribution is 2.34. The molecule has 2 atom stereocenters. The fourth-order valence-corrected chi connectivity index (χ4v) is 2.90. The molecule has 1 aromatic carbocycles. The van der Waals surface area contributed by atoms with Crippen molar-refractivity contribution in [2.45, 2.75) is 51.6 Å². The van der Waals surface area contributed by atoms with Crippen LogP contribution in [-0.2, 0) is 0 Å². The van der Waals surface area contributed by atoms with Crippen LogP contribution in [-0.4, -0.2) is 24.0 Å². The Hall–Kier alpha value is -0.930. The molecule has 1 saturated carbocycles. The maximum Gasteiger partial charge on any atom is 0.128 e. The maximum absolute atomic E-state index is 14.2. The molecule has 2 rings (SSSR count). The molecule has 0 heterocycles. The number of hydrogen-bond donors (Lipinski definition) is 1. The van der Waals surface area contributed by atoms with Crippen molar-refractivity contribution >= 4 is 0 Å². The van der Waals surface area contributed by atoms with Crippen LogP contribution < -0.4 is 5.73 Å². The Labute approximate surface area is 122 Å². The van der Waals surface area contributed by atoms with Crippen molar-refractivity contribution in [1.82, 2.24) is 4.90 Å². The number of hydrogen-bond acceptors (Lipinski definition) is 2. The largest absolute Gasteiger partial charge is 0.326 e. The zero-order valence-electron chi connectivity index (χ0n) is 12.7. The molecule has 1 aliphatic carbocycles. The van der Waals surface area contributed by atoms with Gasteiger partial charge in [-0.3, -0.25) is 4.90 Å². The molecule has 3 heteroatoms. The van der Waals surface area contributed by atoms with Gasteiger partial charge in [0.05, 0.1) is 6.04 Å². The molecule has 2 nitrogen and oxygen atoms in total. The van der Waals surface area contributed by atoms with Gasteiger partial charge in [-0.15, -0.1) is 0 Å². The van der Waals surface area contributed by atoms with Crippen LogP contribution in [0.4, 0.5) is 4.39 Å². The Morgan fingerprint density at radius 3 is 2.55 bits per heavy atom. The van der Waals surface area contributed by atoms with Gasteiger partial charge in [0, 0.05) is 18.2 Å². The normalized spacial score (nSPS) is 18.2. The molecular weight excluding hydrogens is 251 g/mol. The molecule has 2 unspecified atom stereocenters. The van der Waals surface area contributed by atoms with Crippen molar-refractivity contribution in [3.8, 4) is 0 Å². The summed E-state index contributed by atoms with van der Waals surface area (Å²) in [5.74, 6) is 0.665. The van der Waals surface area contributed by atoms with Gasteiger partial charge in [0.1, 0.15) is 5.82 Å². The highest BCUT2D eigenvalue weighted by Gasteiger charge is 2.32. The van der Waals surface area contributed by atoms with Gasteiger partial charge in [-0.25, -0.2) is 4.39 Å². The summed E-state index contributed by atoms with van der Waals surface area (Å²) in [6.45, 7) is 6.30. The Balaban J connectivity index is 2.26. The third-order valence-electron chi connectivity index (χ3n) is 4.19. The van der Waals surface area contributed by atoms with E-state index in [4.69, 9.17) is 5.73 Å². The van der Waals surface area contributed by atoms with Gasteiger partial charge in [-0.2, -0.15) is 0 Å². The quantitative estimate of drug-likeness (QED) is 0.785. The fourth-order valence-electron chi connectivity index (χ4n) is 2.90. The molecule has 0 radical (unpaired) electrons. The van der Waals surface area contributed by atoms with E-state index >= 15 is 0 Å². The van der Waals surface area contributed by atoms with E-state index in [0.29, 0.717) is 0 Å². The van der Waals surface area contributed by atoms with Crippen molar-refractivity contribution in [2.24, 2.45) is 11.7 Å². The van der Waals surface area contributed by atoms with Crippen molar-refractivity contribution in [1.29, 1.82) is 0 Å². The predicted molar refractivity (Wildman–Crippen MR) is 82.0 cm³/mol. The standard InChI is InChI=1S/C17H27FN2/c1-3-11-20(12-13-9-10-13)17(16(19)4-2)14-7-5-6-8-15(14)18/h5-8,13,16-17H,3-4,9-12,19H2,1-2H3. The number of benzene rings is 1. The van der Waals surface area contributed by atoms with Crippen molar-refractivity contribution in [2.75, 3.05) is 13.1 Å². The van der Waals surface area contributed by atoms with Crippen LogP contribution in [0.5, 0.6) is 0 Å². The lowest BCUT2D eigenvalue weighted by atomic mass is 9.95. The highest BCUT2D eigenvalue weighted by atomic mass is 19.1. The summed E-state index contributed by atoms with van der Waals surface area (Å²) in [6.07, 6.45) is 4.56. The average molecular weight is 278 g/mol. The van der Waals surface area contributed by atoms with Crippen LogP contribution in [0, 0.1) is 11.7 Å². The summed E-state index contributed by atoms with van der Waals surface area (Å²) in [5, 5.41) is 0. The zero-order valence-corrected chi connectivity index (χ0v) is 12.7. The lowest BCUT2D eigenvalue weighted by Gasteiger charge is -2.36. The molecule has 2 N–H and O–H groups in total. The molecule has 20 heavy (non-hydrogen) atoms. The Morgan fingerprint density at radius 1 is 1.30 bits per heavy atom. The maximum atomic E-state index is 14.2.